The van der Waals surface area contributed by atoms with Gasteiger partial charge in [0.25, 0.3) is 0 Å². The molecular formula is C35H56O2. The lowest BCUT2D eigenvalue weighted by Crippen LogP contribution is -2.25. The van der Waals surface area contributed by atoms with Gasteiger partial charge in [0.15, 0.2) is 0 Å². The smallest absolute Gasteiger partial charge is 0.314 e. The lowest BCUT2D eigenvalue weighted by molar-refractivity contribution is -0.140. The van der Waals surface area contributed by atoms with Crippen molar-refractivity contribution >= 4 is 5.97 Å². The number of benzene rings is 1. The number of esters is 1. The highest BCUT2D eigenvalue weighted by Crippen LogP contribution is 2.34. The molecule has 0 aromatic heterocycles. The van der Waals surface area contributed by atoms with Crippen molar-refractivity contribution in [1.82, 2.24) is 0 Å². The maximum absolute atomic E-state index is 12.7. The predicted molar refractivity (Wildman–Crippen MR) is 158 cm³/mol. The van der Waals surface area contributed by atoms with Crippen LogP contribution in [0.15, 0.2) is 36.4 Å². The Balaban J connectivity index is 1.27. The van der Waals surface area contributed by atoms with Crippen molar-refractivity contribution in [3.8, 4) is 5.75 Å². The van der Waals surface area contributed by atoms with Crippen LogP contribution < -0.4 is 4.74 Å². The topological polar surface area (TPSA) is 26.3 Å². The number of allylic oxidation sites excluding steroid dienone is 2. The molecule has 0 saturated heterocycles. The zero-order valence-corrected chi connectivity index (χ0v) is 24.2. The number of unbranched alkanes of at least 4 members (excludes halogenated alkanes) is 6. The van der Waals surface area contributed by atoms with Gasteiger partial charge in [0, 0.05) is 0 Å². The number of carbonyl (C=O) groups is 1. The monoisotopic (exact) mass is 508 g/mol. The first kappa shape index (κ1) is 30.0. The number of rotatable bonds is 16. The fourth-order valence-corrected chi connectivity index (χ4v) is 6.54. The van der Waals surface area contributed by atoms with Gasteiger partial charge in [0.2, 0.25) is 0 Å². The van der Waals surface area contributed by atoms with Gasteiger partial charge in [-0.3, -0.25) is 4.79 Å². The molecular weight excluding hydrogens is 452 g/mol. The minimum Gasteiger partial charge on any atom is -0.426 e. The molecule has 0 N–H and O–H groups in total. The molecule has 1 aromatic carbocycles. The summed E-state index contributed by atoms with van der Waals surface area (Å²) in [4.78, 5) is 12.7. The van der Waals surface area contributed by atoms with Crippen LogP contribution >= 0.6 is 0 Å². The largest absolute Gasteiger partial charge is 0.426 e. The Hall–Kier alpha value is -1.57. The molecule has 0 bridgehead atoms. The van der Waals surface area contributed by atoms with Gasteiger partial charge in [-0.25, -0.2) is 0 Å². The molecule has 208 valence electrons. The summed E-state index contributed by atoms with van der Waals surface area (Å²) in [5, 5.41) is 0. The fraction of sp³-hybridized carbons (Fsp3) is 0.743. The van der Waals surface area contributed by atoms with Gasteiger partial charge in [-0.1, -0.05) is 102 Å². The molecule has 2 fully saturated rings. The van der Waals surface area contributed by atoms with Gasteiger partial charge in [-0.05, 0) is 99.7 Å². The lowest BCUT2D eigenvalue weighted by atomic mass is 9.79. The summed E-state index contributed by atoms with van der Waals surface area (Å²) in [5.74, 6) is 3.39. The van der Waals surface area contributed by atoms with Crippen molar-refractivity contribution in [3.63, 3.8) is 0 Å². The summed E-state index contributed by atoms with van der Waals surface area (Å²) >= 11 is 0. The van der Waals surface area contributed by atoms with Crippen molar-refractivity contribution in [2.45, 2.75) is 142 Å². The summed E-state index contributed by atoms with van der Waals surface area (Å²) in [5.41, 5.74) is 1.32. The van der Waals surface area contributed by atoms with Gasteiger partial charge in [0.05, 0.1) is 5.92 Å². The van der Waals surface area contributed by atoms with Crippen LogP contribution in [0.4, 0.5) is 0 Å². The van der Waals surface area contributed by atoms with Crippen LogP contribution in [-0.4, -0.2) is 5.97 Å². The average molecular weight is 509 g/mol. The van der Waals surface area contributed by atoms with Crippen LogP contribution in [0.5, 0.6) is 5.75 Å². The Morgan fingerprint density at radius 2 is 1.32 bits per heavy atom. The Morgan fingerprint density at radius 3 is 1.97 bits per heavy atom. The molecule has 1 aromatic rings. The zero-order valence-electron chi connectivity index (χ0n) is 24.2. The third-order valence-electron chi connectivity index (χ3n) is 9.15. The van der Waals surface area contributed by atoms with Gasteiger partial charge in [-0.2, -0.15) is 0 Å². The van der Waals surface area contributed by atoms with Crippen molar-refractivity contribution in [3.05, 3.63) is 42.0 Å². The molecule has 0 unspecified atom stereocenters. The van der Waals surface area contributed by atoms with Gasteiger partial charge in [0.1, 0.15) is 5.75 Å². The van der Waals surface area contributed by atoms with E-state index in [2.05, 4.69) is 38.1 Å². The van der Waals surface area contributed by atoms with Crippen molar-refractivity contribution in [2.75, 3.05) is 0 Å². The summed E-state index contributed by atoms with van der Waals surface area (Å²) in [6, 6.07) is 8.23. The second-order valence-electron chi connectivity index (χ2n) is 12.2. The van der Waals surface area contributed by atoms with Crippen LogP contribution in [0.3, 0.4) is 0 Å². The Labute approximate surface area is 229 Å². The van der Waals surface area contributed by atoms with Crippen LogP contribution in [0, 0.1) is 23.7 Å². The third kappa shape index (κ3) is 11.8. The molecule has 0 spiro atoms. The molecule has 2 nitrogen and oxygen atoms in total. The van der Waals surface area contributed by atoms with E-state index in [1.54, 1.807) is 0 Å². The lowest BCUT2D eigenvalue weighted by Gasteiger charge is -2.27. The molecule has 0 atom stereocenters. The van der Waals surface area contributed by atoms with Gasteiger partial charge >= 0.3 is 5.97 Å². The summed E-state index contributed by atoms with van der Waals surface area (Å²) in [7, 11) is 0. The molecule has 0 heterocycles. The van der Waals surface area contributed by atoms with Crippen LogP contribution in [-0.2, 0) is 11.2 Å². The van der Waals surface area contributed by atoms with E-state index >= 15 is 0 Å². The van der Waals surface area contributed by atoms with E-state index in [0.29, 0.717) is 5.75 Å². The molecule has 0 aliphatic heterocycles. The van der Waals surface area contributed by atoms with Crippen LogP contribution in [0.25, 0.3) is 0 Å². The van der Waals surface area contributed by atoms with E-state index in [4.69, 9.17) is 4.74 Å². The summed E-state index contributed by atoms with van der Waals surface area (Å²) < 4.78 is 5.76. The quantitative estimate of drug-likeness (QED) is 0.0960. The number of ether oxygens (including phenoxy) is 1. The first-order valence-electron chi connectivity index (χ1n) is 16.1. The Kier molecular flexibility index (Phi) is 14.5. The number of carbonyl (C=O) groups excluding carboxylic acids is 1. The maximum atomic E-state index is 12.7. The standard InChI is InChI=1S/C35H56O2/c1-3-5-7-8-10-14-31-21-25-33(26-22-31)35(36)37-34-27-23-32(24-28-34)16-12-11-15-30-19-17-29(18-20-30)13-9-6-4-2/h11,15,23-24,27-31,33H,3-10,12-14,16-22,25-26H2,1-2H3. The highest BCUT2D eigenvalue weighted by molar-refractivity contribution is 5.75. The van der Waals surface area contributed by atoms with E-state index in [1.165, 1.54) is 108 Å². The first-order chi connectivity index (χ1) is 18.2. The van der Waals surface area contributed by atoms with E-state index in [9.17, 15) is 4.79 Å². The second-order valence-corrected chi connectivity index (χ2v) is 12.2. The number of hydrogen-bond acceptors (Lipinski definition) is 2. The van der Waals surface area contributed by atoms with E-state index in [0.717, 1.165) is 43.4 Å². The van der Waals surface area contributed by atoms with Crippen LogP contribution in [0.1, 0.15) is 141 Å². The zero-order chi connectivity index (χ0) is 26.1. The van der Waals surface area contributed by atoms with Gasteiger partial charge in [-0.15, -0.1) is 0 Å². The molecule has 37 heavy (non-hydrogen) atoms. The minimum absolute atomic E-state index is 0.0165. The Bertz CT molecular complexity index is 748. The number of aryl methyl sites for hydroxylation is 1. The first-order valence-corrected chi connectivity index (χ1v) is 16.1. The average Bonchev–Trinajstić information content (AvgIpc) is 2.93. The van der Waals surface area contributed by atoms with Crippen molar-refractivity contribution in [1.29, 1.82) is 0 Å². The normalized spacial score (nSPS) is 24.4. The molecule has 2 aliphatic rings. The second kappa shape index (κ2) is 17.8. The molecule has 2 aliphatic carbocycles. The summed E-state index contributed by atoms with van der Waals surface area (Å²) in [6.45, 7) is 4.57. The molecule has 2 saturated carbocycles. The van der Waals surface area contributed by atoms with Gasteiger partial charge < -0.3 is 4.74 Å². The van der Waals surface area contributed by atoms with E-state index in [-0.39, 0.29) is 11.9 Å². The van der Waals surface area contributed by atoms with E-state index < -0.39 is 0 Å². The molecule has 3 rings (SSSR count). The molecule has 0 radical (unpaired) electrons. The predicted octanol–water partition coefficient (Wildman–Crippen LogP) is 10.6. The van der Waals surface area contributed by atoms with Crippen molar-refractivity contribution < 1.29 is 9.53 Å². The van der Waals surface area contributed by atoms with Crippen molar-refractivity contribution in [2.24, 2.45) is 23.7 Å². The van der Waals surface area contributed by atoms with E-state index in [1.807, 2.05) is 12.1 Å². The molecule has 0 amide bonds. The molecule has 2 heteroatoms. The van der Waals surface area contributed by atoms with Crippen LogP contribution in [0.2, 0.25) is 0 Å². The third-order valence-corrected chi connectivity index (χ3v) is 9.15. The fourth-order valence-electron chi connectivity index (χ4n) is 6.54. The maximum Gasteiger partial charge on any atom is 0.314 e. The summed E-state index contributed by atoms with van der Waals surface area (Å²) in [6.07, 6.45) is 30.8. The minimum atomic E-state index is -0.0165. The SMILES string of the molecule is CCCCCCCC1CCC(C(=O)Oc2ccc(CCC=CC3CCC(CCCCC)CC3)cc2)CC1. The Morgan fingerprint density at radius 1 is 0.757 bits per heavy atom. The number of hydrogen-bond donors (Lipinski definition) is 0. The highest BCUT2D eigenvalue weighted by Gasteiger charge is 2.27. The highest BCUT2D eigenvalue weighted by atomic mass is 16.5.